The Bertz CT molecular complexity index is 605. The number of hydrogen-bond acceptors (Lipinski definition) is 3. The van der Waals surface area contributed by atoms with Gasteiger partial charge in [0.15, 0.2) is 0 Å². The Balaban J connectivity index is 1.57. The molecule has 4 aliphatic carbocycles. The monoisotopic (exact) mass is 392 g/mol. The van der Waals surface area contributed by atoms with Gasteiger partial charge in [0.05, 0.1) is 12.2 Å². The van der Waals surface area contributed by atoms with Gasteiger partial charge in [0.2, 0.25) is 0 Å². The predicted molar refractivity (Wildman–Crippen MR) is 109 cm³/mol. The number of aliphatic hydroxyl groups excluding tert-OH is 2. The second kappa shape index (κ2) is 7.27. The Morgan fingerprint density at radius 2 is 1.64 bits per heavy atom. The van der Waals surface area contributed by atoms with Crippen molar-refractivity contribution in [1.82, 2.24) is 0 Å². The Kier molecular flexibility index (Phi) is 5.36. The number of carbonyl (C=O) groups is 1. The third kappa shape index (κ3) is 3.05. The lowest BCUT2D eigenvalue weighted by Gasteiger charge is -2.64. The molecule has 4 nitrogen and oxygen atoms in total. The first-order valence-corrected chi connectivity index (χ1v) is 11.8. The maximum Gasteiger partial charge on any atom is 0.303 e. The first-order valence-electron chi connectivity index (χ1n) is 11.8. The van der Waals surface area contributed by atoms with Crippen LogP contribution >= 0.6 is 0 Å². The summed E-state index contributed by atoms with van der Waals surface area (Å²) >= 11 is 0. The Morgan fingerprint density at radius 1 is 0.964 bits per heavy atom. The summed E-state index contributed by atoms with van der Waals surface area (Å²) in [6.45, 7) is 7.14. The molecule has 160 valence electrons. The predicted octanol–water partition coefficient (Wildman–Crippen LogP) is 4.48. The highest BCUT2D eigenvalue weighted by molar-refractivity contribution is 5.66. The highest BCUT2D eigenvalue weighted by Gasteiger charge is 2.63. The van der Waals surface area contributed by atoms with Crippen molar-refractivity contribution in [2.45, 2.75) is 97.2 Å². The maximum absolute atomic E-state index is 11.4. The fourth-order valence-electron chi connectivity index (χ4n) is 8.73. The van der Waals surface area contributed by atoms with Gasteiger partial charge in [-0.15, -0.1) is 0 Å². The first-order chi connectivity index (χ1) is 13.2. The molecular weight excluding hydrogens is 352 g/mol. The van der Waals surface area contributed by atoms with E-state index in [0.717, 1.165) is 32.1 Å². The van der Waals surface area contributed by atoms with Crippen LogP contribution in [0.5, 0.6) is 0 Å². The summed E-state index contributed by atoms with van der Waals surface area (Å²) < 4.78 is 0. The van der Waals surface area contributed by atoms with Crippen molar-refractivity contribution in [2.24, 2.45) is 46.3 Å². The van der Waals surface area contributed by atoms with Crippen LogP contribution in [-0.2, 0) is 4.79 Å². The van der Waals surface area contributed by atoms with Crippen molar-refractivity contribution in [3.8, 4) is 0 Å². The lowest BCUT2D eigenvalue weighted by molar-refractivity contribution is -0.198. The Morgan fingerprint density at radius 3 is 2.36 bits per heavy atom. The lowest BCUT2D eigenvalue weighted by atomic mass is 9.42. The van der Waals surface area contributed by atoms with Gasteiger partial charge in [-0.3, -0.25) is 4.79 Å². The van der Waals surface area contributed by atoms with Gasteiger partial charge in [-0.1, -0.05) is 20.8 Å². The smallest absolute Gasteiger partial charge is 0.303 e. The van der Waals surface area contributed by atoms with Crippen LogP contribution in [0.3, 0.4) is 0 Å². The average Bonchev–Trinajstić information content (AvgIpc) is 2.97. The highest BCUT2D eigenvalue weighted by Crippen LogP contribution is 2.68. The minimum atomic E-state index is -0.682. The van der Waals surface area contributed by atoms with Gasteiger partial charge in [-0.2, -0.15) is 0 Å². The second-order valence-corrected chi connectivity index (χ2v) is 11.3. The largest absolute Gasteiger partial charge is 0.481 e. The molecule has 4 fully saturated rings. The molecule has 3 N–H and O–H groups in total. The molecule has 0 heterocycles. The second-order valence-electron chi connectivity index (χ2n) is 11.3. The van der Waals surface area contributed by atoms with Crippen molar-refractivity contribution < 1.29 is 20.1 Å². The molecule has 0 aromatic heterocycles. The summed E-state index contributed by atoms with van der Waals surface area (Å²) in [7, 11) is 0. The molecule has 0 amide bonds. The van der Waals surface area contributed by atoms with Gasteiger partial charge < -0.3 is 15.3 Å². The zero-order chi connectivity index (χ0) is 20.3. The van der Waals surface area contributed by atoms with Gasteiger partial charge in [-0.05, 0) is 104 Å². The number of hydrogen-bond donors (Lipinski definition) is 3. The molecule has 0 spiro atoms. The van der Waals surface area contributed by atoms with E-state index < -0.39 is 5.97 Å². The summed E-state index contributed by atoms with van der Waals surface area (Å²) in [6.07, 6.45) is 9.33. The van der Waals surface area contributed by atoms with Crippen LogP contribution in [0.2, 0.25) is 0 Å². The number of carboxylic acids is 1. The average molecular weight is 393 g/mol. The summed E-state index contributed by atoms with van der Waals surface area (Å²) in [5.74, 6) is 2.15. The van der Waals surface area contributed by atoms with Gasteiger partial charge in [0, 0.05) is 6.42 Å². The Labute approximate surface area is 170 Å². The van der Waals surface area contributed by atoms with E-state index in [1.165, 1.54) is 25.7 Å². The molecule has 4 heteroatoms. The van der Waals surface area contributed by atoms with E-state index in [4.69, 9.17) is 5.11 Å². The quantitative estimate of drug-likeness (QED) is 0.659. The molecule has 0 aromatic carbocycles. The SMILES string of the molecule is C[C@@H]1C2C[C@H](O)CC[C@]2(C)C2CC[C@@]3(C)C(CC[C@@H]3CCCC(=O)O)C2[C@@H]1O. The number of carboxylic acid groups (broad SMARTS) is 1. The van der Waals surface area contributed by atoms with Gasteiger partial charge in [0.1, 0.15) is 0 Å². The first kappa shape index (κ1) is 20.7. The molecule has 0 bridgehead atoms. The molecule has 0 aliphatic heterocycles. The van der Waals surface area contributed by atoms with E-state index in [1.807, 2.05) is 0 Å². The minimum absolute atomic E-state index is 0.191. The molecular formula is C24H40O4. The molecule has 28 heavy (non-hydrogen) atoms. The number of aliphatic carboxylic acids is 1. The van der Waals surface area contributed by atoms with Crippen LogP contribution in [0.15, 0.2) is 0 Å². The molecule has 4 unspecified atom stereocenters. The molecule has 4 aliphatic rings. The van der Waals surface area contributed by atoms with Crippen LogP contribution in [0, 0.1) is 46.3 Å². The standard InChI is InChI=1S/C24H40O4/c1-14-19-13-16(25)9-11-24(19,3)18-10-12-23(2)15(5-4-6-20(26)27)7-8-17(23)21(18)22(14)28/h14-19,21-22,25,28H,4-13H2,1-3H3,(H,26,27)/t14-,15+,16-,17?,18?,19?,21?,22-,23-,24-/m1/s1. The summed E-state index contributed by atoms with van der Waals surface area (Å²) in [4.78, 5) is 10.9. The topological polar surface area (TPSA) is 77.8 Å². The maximum atomic E-state index is 11.4. The van der Waals surface area contributed by atoms with Gasteiger partial charge in [-0.25, -0.2) is 0 Å². The van der Waals surface area contributed by atoms with Crippen molar-refractivity contribution in [3.05, 3.63) is 0 Å². The van der Waals surface area contributed by atoms with Crippen LogP contribution in [0.1, 0.15) is 85.0 Å². The molecule has 4 saturated carbocycles. The van der Waals surface area contributed by atoms with E-state index >= 15 is 0 Å². The van der Waals surface area contributed by atoms with Crippen molar-refractivity contribution in [1.29, 1.82) is 0 Å². The van der Waals surface area contributed by atoms with Gasteiger partial charge in [0.25, 0.3) is 0 Å². The van der Waals surface area contributed by atoms with E-state index in [0.29, 0.717) is 29.6 Å². The third-order valence-corrected chi connectivity index (χ3v) is 10.3. The number of fused-ring (bicyclic) bond motifs is 5. The normalized spacial score (nSPS) is 53.2. The highest BCUT2D eigenvalue weighted by atomic mass is 16.4. The van der Waals surface area contributed by atoms with E-state index in [1.54, 1.807) is 0 Å². The Hall–Kier alpha value is -0.610. The zero-order valence-corrected chi connectivity index (χ0v) is 17.9. The minimum Gasteiger partial charge on any atom is -0.481 e. The molecule has 0 saturated heterocycles. The molecule has 0 aromatic rings. The van der Waals surface area contributed by atoms with Gasteiger partial charge >= 0.3 is 5.97 Å². The number of rotatable bonds is 4. The van der Waals surface area contributed by atoms with E-state index in [2.05, 4.69) is 20.8 Å². The molecule has 0 radical (unpaired) electrons. The third-order valence-electron chi connectivity index (χ3n) is 10.3. The zero-order valence-electron chi connectivity index (χ0n) is 17.9. The van der Waals surface area contributed by atoms with Crippen molar-refractivity contribution in [3.63, 3.8) is 0 Å². The van der Waals surface area contributed by atoms with E-state index in [9.17, 15) is 15.0 Å². The van der Waals surface area contributed by atoms with Crippen LogP contribution in [-0.4, -0.2) is 33.5 Å². The molecule has 10 atom stereocenters. The fourth-order valence-corrected chi connectivity index (χ4v) is 8.73. The summed E-state index contributed by atoms with van der Waals surface area (Å²) in [6, 6.07) is 0. The van der Waals surface area contributed by atoms with E-state index in [-0.39, 0.29) is 35.4 Å². The van der Waals surface area contributed by atoms with Crippen LogP contribution < -0.4 is 0 Å². The van der Waals surface area contributed by atoms with Crippen LogP contribution in [0.4, 0.5) is 0 Å². The fraction of sp³-hybridized carbons (Fsp3) is 0.958. The summed E-state index contributed by atoms with van der Waals surface area (Å²) in [5, 5.41) is 30.7. The van der Waals surface area contributed by atoms with Crippen molar-refractivity contribution >= 4 is 5.97 Å². The number of aliphatic hydroxyl groups is 2. The molecule has 4 rings (SSSR count). The summed E-state index contributed by atoms with van der Waals surface area (Å²) in [5.41, 5.74) is 0.517. The lowest BCUT2D eigenvalue weighted by Crippen LogP contribution is -2.61. The van der Waals surface area contributed by atoms with Crippen LogP contribution in [0.25, 0.3) is 0 Å². The van der Waals surface area contributed by atoms with Crippen molar-refractivity contribution in [2.75, 3.05) is 0 Å².